The van der Waals surface area contributed by atoms with Crippen LogP contribution in [0.25, 0.3) is 11.1 Å². The molecule has 2 aromatic rings. The maximum atomic E-state index is 14.9. The van der Waals surface area contributed by atoms with E-state index in [4.69, 9.17) is 4.74 Å². The van der Waals surface area contributed by atoms with Gasteiger partial charge in [-0.3, -0.25) is 14.5 Å². The Morgan fingerprint density at radius 1 is 1.15 bits per heavy atom. The summed E-state index contributed by atoms with van der Waals surface area (Å²) in [5.41, 5.74) is 2.38. The Hall–Kier alpha value is -3.50. The number of hydrogen-bond acceptors (Lipinski definition) is 6. The van der Waals surface area contributed by atoms with Crippen molar-refractivity contribution in [3.8, 4) is 11.1 Å². The Balaban J connectivity index is 1.36. The number of nitrogens with one attached hydrogen (secondary N) is 4. The highest BCUT2D eigenvalue weighted by atomic mass is 19.1. The fourth-order valence-electron chi connectivity index (χ4n) is 3.96. The van der Waals surface area contributed by atoms with Crippen molar-refractivity contribution in [3.05, 3.63) is 53.8 Å². The number of amides is 3. The minimum absolute atomic E-state index is 0.0577. The van der Waals surface area contributed by atoms with E-state index in [0.717, 1.165) is 18.7 Å². The molecule has 2 saturated heterocycles. The third-order valence-electron chi connectivity index (χ3n) is 5.81. The van der Waals surface area contributed by atoms with E-state index in [1.165, 1.54) is 17.9 Å². The molecule has 0 aromatic heterocycles. The molecule has 0 radical (unpaired) electrons. The summed E-state index contributed by atoms with van der Waals surface area (Å²) in [6.07, 6.45) is -1.06. The van der Waals surface area contributed by atoms with Gasteiger partial charge in [-0.1, -0.05) is 24.3 Å². The van der Waals surface area contributed by atoms with Gasteiger partial charge in [0.05, 0.1) is 24.8 Å². The Bertz CT molecular complexity index is 1060. The van der Waals surface area contributed by atoms with Gasteiger partial charge < -0.3 is 26.0 Å². The molecule has 9 nitrogen and oxygen atoms in total. The van der Waals surface area contributed by atoms with Gasteiger partial charge in [-0.05, 0) is 29.3 Å². The van der Waals surface area contributed by atoms with Gasteiger partial charge in [0.2, 0.25) is 11.8 Å². The molecule has 0 spiro atoms. The molecule has 0 saturated carbocycles. The smallest absolute Gasteiger partial charge is 0.414 e. The fourth-order valence-corrected chi connectivity index (χ4v) is 3.96. The minimum Gasteiger partial charge on any atom is -0.442 e. The number of halogens is 1. The third kappa shape index (κ3) is 5.70. The molecule has 180 valence electrons. The Morgan fingerprint density at radius 2 is 1.94 bits per heavy atom. The highest BCUT2D eigenvalue weighted by Crippen LogP contribution is 2.29. The molecule has 4 N–H and O–H groups in total. The molecule has 2 heterocycles. The summed E-state index contributed by atoms with van der Waals surface area (Å²) in [5, 5.41) is 11.9. The topological polar surface area (TPSA) is 112 Å². The van der Waals surface area contributed by atoms with Crippen LogP contribution in [-0.4, -0.2) is 62.8 Å². The Kier molecular flexibility index (Phi) is 7.39. The highest BCUT2D eigenvalue weighted by Gasteiger charge is 2.32. The van der Waals surface area contributed by atoms with Crippen molar-refractivity contribution >= 4 is 23.6 Å². The number of piperazine rings is 1. The lowest BCUT2D eigenvalue weighted by atomic mass is 10.0. The van der Waals surface area contributed by atoms with Gasteiger partial charge in [-0.2, -0.15) is 0 Å². The van der Waals surface area contributed by atoms with Crippen LogP contribution in [0.15, 0.2) is 42.5 Å². The quantitative estimate of drug-likeness (QED) is 0.484. The SMILES string of the molecule is CC(=O)NC[C@H]1CN(c2ccc(-c3ccc(CNC(=O)C4CNCCN4)cc3)c(F)c2)C(=O)O1. The van der Waals surface area contributed by atoms with Crippen LogP contribution < -0.4 is 26.2 Å². The van der Waals surface area contributed by atoms with E-state index in [1.54, 1.807) is 24.3 Å². The lowest BCUT2D eigenvalue weighted by Crippen LogP contribution is -2.55. The molecule has 0 bridgehead atoms. The van der Waals surface area contributed by atoms with E-state index in [2.05, 4.69) is 21.3 Å². The van der Waals surface area contributed by atoms with E-state index in [-0.39, 0.29) is 30.9 Å². The second kappa shape index (κ2) is 10.6. The van der Waals surface area contributed by atoms with Crippen LogP contribution in [0.1, 0.15) is 12.5 Å². The standard InChI is InChI=1S/C24H28FN5O4/c1-15(31)28-12-19-14-30(24(33)34-19)18-6-7-20(21(25)10-18)17-4-2-16(3-5-17)11-29-23(32)22-13-26-8-9-27-22/h2-7,10,19,22,26-27H,8-9,11-14H2,1H3,(H,28,31)(H,29,32)/t19-,22?/m0/s1. The first-order valence-corrected chi connectivity index (χ1v) is 11.2. The molecule has 2 aromatic carbocycles. The summed E-state index contributed by atoms with van der Waals surface area (Å²) < 4.78 is 20.2. The van der Waals surface area contributed by atoms with Crippen molar-refractivity contribution in [2.45, 2.75) is 25.6 Å². The van der Waals surface area contributed by atoms with Crippen molar-refractivity contribution in [2.75, 3.05) is 37.6 Å². The van der Waals surface area contributed by atoms with Gasteiger partial charge in [0, 0.05) is 38.7 Å². The van der Waals surface area contributed by atoms with Crippen LogP contribution >= 0.6 is 0 Å². The Labute approximate surface area is 197 Å². The zero-order chi connectivity index (χ0) is 24.1. The van der Waals surface area contributed by atoms with Gasteiger partial charge in [0.15, 0.2) is 0 Å². The van der Waals surface area contributed by atoms with E-state index in [0.29, 0.717) is 29.9 Å². The number of cyclic esters (lactones) is 1. The second-order valence-electron chi connectivity index (χ2n) is 8.34. The number of rotatable bonds is 7. The maximum absolute atomic E-state index is 14.9. The van der Waals surface area contributed by atoms with Crippen LogP contribution in [0.5, 0.6) is 0 Å². The van der Waals surface area contributed by atoms with Crippen LogP contribution in [0.3, 0.4) is 0 Å². The summed E-state index contributed by atoms with van der Waals surface area (Å²) in [7, 11) is 0. The molecule has 2 atom stereocenters. The number of nitrogens with zero attached hydrogens (tertiary/aromatic N) is 1. The summed E-state index contributed by atoms with van der Waals surface area (Å²) in [4.78, 5) is 36.8. The molecule has 3 amide bonds. The zero-order valence-electron chi connectivity index (χ0n) is 18.9. The number of carbonyl (C=O) groups is 3. The van der Waals surface area contributed by atoms with E-state index in [9.17, 15) is 18.8 Å². The third-order valence-corrected chi connectivity index (χ3v) is 5.81. The average molecular weight is 470 g/mol. The number of carbonyl (C=O) groups excluding carboxylic acids is 3. The van der Waals surface area contributed by atoms with Crippen LogP contribution in [0.2, 0.25) is 0 Å². The molecule has 2 aliphatic rings. The van der Waals surface area contributed by atoms with Gasteiger partial charge in [-0.25, -0.2) is 9.18 Å². The number of benzene rings is 2. The van der Waals surface area contributed by atoms with Crippen LogP contribution in [-0.2, 0) is 20.9 Å². The molecule has 34 heavy (non-hydrogen) atoms. The summed E-state index contributed by atoms with van der Waals surface area (Å²) in [5.74, 6) is -0.734. The highest BCUT2D eigenvalue weighted by molar-refractivity contribution is 5.90. The van der Waals surface area contributed by atoms with Crippen LogP contribution in [0, 0.1) is 5.82 Å². The lowest BCUT2D eigenvalue weighted by Gasteiger charge is -2.23. The zero-order valence-corrected chi connectivity index (χ0v) is 18.9. The number of hydrogen-bond donors (Lipinski definition) is 4. The van der Waals surface area contributed by atoms with Crippen molar-refractivity contribution in [1.82, 2.24) is 21.3 Å². The van der Waals surface area contributed by atoms with Gasteiger partial charge in [0.25, 0.3) is 0 Å². The van der Waals surface area contributed by atoms with E-state index in [1.807, 2.05) is 12.1 Å². The average Bonchev–Trinajstić information content (AvgIpc) is 3.22. The van der Waals surface area contributed by atoms with Gasteiger partial charge in [-0.15, -0.1) is 0 Å². The number of ether oxygens (including phenoxy) is 1. The van der Waals surface area contributed by atoms with E-state index < -0.39 is 18.0 Å². The molecule has 0 aliphatic carbocycles. The predicted octanol–water partition coefficient (Wildman–Crippen LogP) is 1.13. The summed E-state index contributed by atoms with van der Waals surface area (Å²) in [6.45, 7) is 4.42. The van der Waals surface area contributed by atoms with Crippen molar-refractivity contribution in [3.63, 3.8) is 0 Å². The van der Waals surface area contributed by atoms with Crippen molar-refractivity contribution in [2.24, 2.45) is 0 Å². The Morgan fingerprint density at radius 3 is 2.62 bits per heavy atom. The summed E-state index contributed by atoms with van der Waals surface area (Å²) in [6, 6.07) is 11.6. The van der Waals surface area contributed by atoms with Crippen molar-refractivity contribution in [1.29, 1.82) is 0 Å². The first-order chi connectivity index (χ1) is 16.4. The van der Waals surface area contributed by atoms with Crippen molar-refractivity contribution < 1.29 is 23.5 Å². The second-order valence-corrected chi connectivity index (χ2v) is 8.34. The molecule has 1 unspecified atom stereocenters. The molecule has 10 heteroatoms. The molecule has 4 rings (SSSR count). The first kappa shape index (κ1) is 23.7. The van der Waals surface area contributed by atoms with Gasteiger partial charge in [0.1, 0.15) is 11.9 Å². The largest absolute Gasteiger partial charge is 0.442 e. The normalized spacial score (nSPS) is 20.1. The fraction of sp³-hybridized carbons (Fsp3) is 0.375. The first-order valence-electron chi connectivity index (χ1n) is 11.2. The summed E-state index contributed by atoms with van der Waals surface area (Å²) >= 11 is 0. The van der Waals surface area contributed by atoms with Gasteiger partial charge >= 0.3 is 6.09 Å². The number of anilines is 1. The lowest BCUT2D eigenvalue weighted by molar-refractivity contribution is -0.123. The van der Waals surface area contributed by atoms with E-state index >= 15 is 0 Å². The molecule has 2 fully saturated rings. The molecular weight excluding hydrogens is 441 g/mol. The van der Waals surface area contributed by atoms with Crippen LogP contribution in [0.4, 0.5) is 14.9 Å². The molecule has 2 aliphatic heterocycles. The maximum Gasteiger partial charge on any atom is 0.414 e. The molecular formula is C24H28FN5O4. The monoisotopic (exact) mass is 469 g/mol. The predicted molar refractivity (Wildman–Crippen MR) is 125 cm³/mol. The minimum atomic E-state index is -0.576.